The van der Waals surface area contributed by atoms with Gasteiger partial charge < -0.3 is 10.8 Å². The highest BCUT2D eigenvalue weighted by Gasteiger charge is 2.34. The van der Waals surface area contributed by atoms with Gasteiger partial charge >= 0.3 is 0 Å². The van der Waals surface area contributed by atoms with Crippen molar-refractivity contribution in [1.29, 1.82) is 0 Å². The molecular formula is C13H28N2O. The van der Waals surface area contributed by atoms with E-state index in [9.17, 15) is 5.11 Å². The third-order valence-electron chi connectivity index (χ3n) is 3.78. The summed E-state index contributed by atoms with van der Waals surface area (Å²) in [5.74, 6) is 0. The van der Waals surface area contributed by atoms with Crippen LogP contribution in [0.25, 0.3) is 0 Å². The fourth-order valence-electron chi connectivity index (χ4n) is 2.93. The summed E-state index contributed by atoms with van der Waals surface area (Å²) in [7, 11) is 0. The quantitative estimate of drug-likeness (QED) is 0.751. The first kappa shape index (κ1) is 13.9. The lowest BCUT2D eigenvalue weighted by molar-refractivity contribution is 0.0485. The fraction of sp³-hybridized carbons (Fsp3) is 1.00. The van der Waals surface area contributed by atoms with E-state index < -0.39 is 0 Å². The summed E-state index contributed by atoms with van der Waals surface area (Å²) in [6.07, 6.45) is 5.20. The van der Waals surface area contributed by atoms with Gasteiger partial charge in [-0.2, -0.15) is 0 Å². The van der Waals surface area contributed by atoms with Crippen molar-refractivity contribution in [2.75, 3.05) is 19.7 Å². The van der Waals surface area contributed by atoms with Crippen molar-refractivity contribution in [2.24, 2.45) is 11.1 Å². The molecule has 0 aromatic heterocycles. The van der Waals surface area contributed by atoms with E-state index in [1.165, 1.54) is 25.7 Å². The molecule has 0 bridgehead atoms. The molecule has 1 saturated carbocycles. The van der Waals surface area contributed by atoms with Crippen LogP contribution in [-0.4, -0.2) is 41.8 Å². The Bertz CT molecular complexity index is 195. The Morgan fingerprint density at radius 2 is 1.88 bits per heavy atom. The van der Waals surface area contributed by atoms with Gasteiger partial charge in [0.25, 0.3) is 0 Å². The van der Waals surface area contributed by atoms with Crippen molar-refractivity contribution in [3.8, 4) is 0 Å². The van der Waals surface area contributed by atoms with Crippen LogP contribution in [0.5, 0.6) is 0 Å². The summed E-state index contributed by atoms with van der Waals surface area (Å²) in [6, 6.07) is 1.02. The topological polar surface area (TPSA) is 49.5 Å². The molecule has 1 aliphatic carbocycles. The Labute approximate surface area is 100 Å². The minimum Gasteiger partial charge on any atom is -0.395 e. The van der Waals surface area contributed by atoms with E-state index in [0.29, 0.717) is 18.6 Å². The molecule has 0 spiro atoms. The molecule has 1 fully saturated rings. The first-order valence-electron chi connectivity index (χ1n) is 6.57. The van der Waals surface area contributed by atoms with Gasteiger partial charge in [-0.1, -0.05) is 33.6 Å². The molecule has 0 amide bonds. The third-order valence-corrected chi connectivity index (χ3v) is 3.78. The van der Waals surface area contributed by atoms with Crippen molar-refractivity contribution in [1.82, 2.24) is 4.90 Å². The van der Waals surface area contributed by atoms with Gasteiger partial charge in [0.1, 0.15) is 0 Å². The molecule has 0 aliphatic heterocycles. The molecule has 1 atom stereocenters. The number of hydrogen-bond acceptors (Lipinski definition) is 3. The number of nitrogens with zero attached hydrogens (tertiary/aromatic N) is 1. The molecule has 0 saturated heterocycles. The molecule has 1 unspecified atom stereocenters. The lowest BCUT2D eigenvalue weighted by Crippen LogP contribution is -2.53. The zero-order chi connectivity index (χ0) is 12.2. The van der Waals surface area contributed by atoms with Crippen LogP contribution >= 0.6 is 0 Å². The molecule has 96 valence electrons. The number of nitrogens with two attached hydrogens (primary N) is 1. The van der Waals surface area contributed by atoms with Gasteiger partial charge in [0.05, 0.1) is 6.61 Å². The maximum absolute atomic E-state index is 9.22. The molecule has 0 heterocycles. The Balaban J connectivity index is 2.72. The molecule has 3 nitrogen and oxygen atoms in total. The highest BCUT2D eigenvalue weighted by molar-refractivity contribution is 4.89. The van der Waals surface area contributed by atoms with Gasteiger partial charge in [0.2, 0.25) is 0 Å². The predicted octanol–water partition coefficient (Wildman–Crippen LogP) is 1.60. The monoisotopic (exact) mass is 228 g/mol. The molecule has 16 heavy (non-hydrogen) atoms. The smallest absolute Gasteiger partial charge is 0.0558 e. The van der Waals surface area contributed by atoms with Crippen LogP contribution in [0.3, 0.4) is 0 Å². The number of rotatable bonds is 5. The van der Waals surface area contributed by atoms with Crippen molar-refractivity contribution in [3.63, 3.8) is 0 Å². The van der Waals surface area contributed by atoms with Crippen LogP contribution in [0.2, 0.25) is 0 Å². The summed E-state index contributed by atoms with van der Waals surface area (Å²) in [6.45, 7) is 8.41. The molecule has 1 aliphatic rings. The lowest BCUT2D eigenvalue weighted by atomic mass is 9.84. The van der Waals surface area contributed by atoms with Crippen molar-refractivity contribution in [2.45, 2.75) is 58.5 Å². The van der Waals surface area contributed by atoms with E-state index in [1.54, 1.807) is 0 Å². The Hall–Kier alpha value is -0.120. The molecular weight excluding hydrogens is 200 g/mol. The second kappa shape index (κ2) is 5.99. The number of aliphatic hydroxyl groups excluding tert-OH is 1. The van der Waals surface area contributed by atoms with Crippen molar-refractivity contribution >= 4 is 0 Å². The Morgan fingerprint density at radius 1 is 1.31 bits per heavy atom. The summed E-state index contributed by atoms with van der Waals surface area (Å²) in [5.41, 5.74) is 6.12. The fourth-order valence-corrected chi connectivity index (χ4v) is 2.93. The average molecular weight is 228 g/mol. The molecule has 0 aromatic rings. The minimum absolute atomic E-state index is 0.187. The lowest BCUT2D eigenvalue weighted by Gasteiger charge is -2.42. The molecule has 0 aromatic carbocycles. The summed E-state index contributed by atoms with van der Waals surface area (Å²) in [5, 5.41) is 9.22. The maximum Gasteiger partial charge on any atom is 0.0558 e. The van der Waals surface area contributed by atoms with Crippen molar-refractivity contribution < 1.29 is 5.11 Å². The highest BCUT2D eigenvalue weighted by atomic mass is 16.3. The normalized spacial score (nSPS) is 20.6. The number of aliphatic hydroxyl groups is 1. The largest absolute Gasteiger partial charge is 0.395 e. The van der Waals surface area contributed by atoms with Crippen LogP contribution in [0, 0.1) is 5.41 Å². The van der Waals surface area contributed by atoms with Gasteiger partial charge in [-0.15, -0.1) is 0 Å². The van der Waals surface area contributed by atoms with Gasteiger partial charge in [-0.3, -0.25) is 4.90 Å². The third kappa shape index (κ3) is 3.44. The van der Waals surface area contributed by atoms with Crippen molar-refractivity contribution in [3.05, 3.63) is 0 Å². The molecule has 0 radical (unpaired) electrons. The number of hydrogen-bond donors (Lipinski definition) is 2. The molecule has 3 heteroatoms. The van der Waals surface area contributed by atoms with Gasteiger partial charge in [0.15, 0.2) is 0 Å². The van der Waals surface area contributed by atoms with E-state index in [0.717, 1.165) is 6.54 Å². The van der Waals surface area contributed by atoms with E-state index in [1.807, 2.05) is 0 Å². The van der Waals surface area contributed by atoms with Crippen LogP contribution in [-0.2, 0) is 0 Å². The maximum atomic E-state index is 9.22. The zero-order valence-corrected chi connectivity index (χ0v) is 11.1. The van der Waals surface area contributed by atoms with Gasteiger partial charge in [-0.25, -0.2) is 0 Å². The SMILES string of the molecule is CC(C)(C)C(CN)N(CCO)C1CCCC1. The molecule has 1 rings (SSSR count). The Morgan fingerprint density at radius 3 is 2.25 bits per heavy atom. The van der Waals surface area contributed by atoms with E-state index >= 15 is 0 Å². The summed E-state index contributed by atoms with van der Waals surface area (Å²) in [4.78, 5) is 2.45. The van der Waals surface area contributed by atoms with Gasteiger partial charge in [-0.05, 0) is 18.3 Å². The average Bonchev–Trinajstić information content (AvgIpc) is 2.68. The van der Waals surface area contributed by atoms with E-state index in [-0.39, 0.29) is 12.0 Å². The zero-order valence-electron chi connectivity index (χ0n) is 11.1. The second-order valence-corrected chi connectivity index (χ2v) is 6.02. The first-order chi connectivity index (χ1) is 7.50. The highest BCUT2D eigenvalue weighted by Crippen LogP contribution is 2.31. The van der Waals surface area contributed by atoms with Crippen LogP contribution in [0.15, 0.2) is 0 Å². The van der Waals surface area contributed by atoms with Gasteiger partial charge in [0, 0.05) is 25.2 Å². The molecule has 3 N–H and O–H groups in total. The summed E-state index contributed by atoms with van der Waals surface area (Å²) >= 11 is 0. The van der Waals surface area contributed by atoms with Crippen LogP contribution < -0.4 is 5.73 Å². The first-order valence-corrected chi connectivity index (χ1v) is 6.57. The minimum atomic E-state index is 0.187. The predicted molar refractivity (Wildman–Crippen MR) is 68.3 cm³/mol. The summed E-state index contributed by atoms with van der Waals surface area (Å²) < 4.78 is 0. The second-order valence-electron chi connectivity index (χ2n) is 6.02. The van der Waals surface area contributed by atoms with Crippen LogP contribution in [0.1, 0.15) is 46.5 Å². The Kier molecular flexibility index (Phi) is 5.22. The van der Waals surface area contributed by atoms with Crippen LogP contribution in [0.4, 0.5) is 0 Å². The van der Waals surface area contributed by atoms with E-state index in [4.69, 9.17) is 5.73 Å². The standard InChI is InChI=1S/C13H28N2O/c1-13(2,3)12(10-14)15(8-9-16)11-6-4-5-7-11/h11-12,16H,4-10,14H2,1-3H3. The van der Waals surface area contributed by atoms with E-state index in [2.05, 4.69) is 25.7 Å².